The highest BCUT2D eigenvalue weighted by Crippen LogP contribution is 2.55. The van der Waals surface area contributed by atoms with E-state index in [9.17, 15) is 4.57 Å². The van der Waals surface area contributed by atoms with Crippen LogP contribution >= 0.6 is 30.8 Å². The molecule has 1 rings (SSSR count). The lowest BCUT2D eigenvalue weighted by atomic mass is 10.9. The standard InChI is InChI=1S/C4H7Cl2O3P/c1-10(7,8)9-3-2-4(3,5)6/h3H,2H2,1H3,(H,7,8). The Morgan fingerprint density at radius 2 is 2.20 bits per heavy atom. The van der Waals surface area contributed by atoms with Crippen molar-refractivity contribution in [2.24, 2.45) is 0 Å². The van der Waals surface area contributed by atoms with E-state index in [-0.39, 0.29) is 0 Å². The monoisotopic (exact) mass is 204 g/mol. The molecular weight excluding hydrogens is 198 g/mol. The molecule has 0 heterocycles. The normalized spacial score (nSPS) is 35.0. The molecule has 0 aromatic rings. The Morgan fingerprint density at radius 1 is 1.80 bits per heavy atom. The van der Waals surface area contributed by atoms with E-state index in [1.54, 1.807) is 0 Å². The molecule has 1 aliphatic carbocycles. The SMILES string of the molecule is CP(=O)(O)OC1CC1(Cl)Cl. The number of hydrogen-bond acceptors (Lipinski definition) is 2. The Morgan fingerprint density at radius 3 is 2.30 bits per heavy atom. The molecule has 2 unspecified atom stereocenters. The van der Waals surface area contributed by atoms with E-state index in [4.69, 9.17) is 28.1 Å². The quantitative estimate of drug-likeness (QED) is 0.551. The van der Waals surface area contributed by atoms with Gasteiger partial charge >= 0.3 is 7.60 Å². The average Bonchev–Trinajstić information content (AvgIpc) is 2.05. The van der Waals surface area contributed by atoms with Crippen LogP contribution in [0.1, 0.15) is 6.42 Å². The molecule has 0 radical (unpaired) electrons. The maximum absolute atomic E-state index is 10.6. The molecule has 0 aromatic heterocycles. The number of alkyl halides is 2. The van der Waals surface area contributed by atoms with Crippen molar-refractivity contribution in [1.82, 2.24) is 0 Å². The van der Waals surface area contributed by atoms with Gasteiger partial charge in [0.25, 0.3) is 0 Å². The zero-order valence-electron chi connectivity index (χ0n) is 5.25. The van der Waals surface area contributed by atoms with Crippen LogP contribution < -0.4 is 0 Å². The van der Waals surface area contributed by atoms with Gasteiger partial charge in [-0.25, -0.2) is 0 Å². The van der Waals surface area contributed by atoms with Crippen molar-refractivity contribution >= 4 is 30.8 Å². The second kappa shape index (κ2) is 2.36. The van der Waals surface area contributed by atoms with Crippen LogP contribution in [-0.2, 0) is 9.09 Å². The van der Waals surface area contributed by atoms with Crippen LogP contribution in [0.25, 0.3) is 0 Å². The van der Waals surface area contributed by atoms with E-state index in [1.165, 1.54) is 0 Å². The largest absolute Gasteiger partial charge is 0.325 e. The molecule has 6 heteroatoms. The predicted molar refractivity (Wildman–Crippen MR) is 39.7 cm³/mol. The van der Waals surface area contributed by atoms with Crippen LogP contribution in [0.3, 0.4) is 0 Å². The Kier molecular flexibility index (Phi) is 2.08. The van der Waals surface area contributed by atoms with Gasteiger partial charge in [-0.05, 0) is 0 Å². The maximum atomic E-state index is 10.6. The van der Waals surface area contributed by atoms with Crippen LogP contribution in [0.4, 0.5) is 0 Å². The molecular formula is C4H7Cl2O3P. The molecule has 1 N–H and O–H groups in total. The summed E-state index contributed by atoms with van der Waals surface area (Å²) in [6.45, 7) is 1.11. The minimum atomic E-state index is -3.41. The first kappa shape index (κ1) is 8.82. The summed E-state index contributed by atoms with van der Waals surface area (Å²) >= 11 is 11.0. The van der Waals surface area contributed by atoms with Crippen LogP contribution in [0, 0.1) is 0 Å². The highest BCUT2D eigenvalue weighted by molar-refractivity contribution is 7.51. The van der Waals surface area contributed by atoms with Crippen molar-refractivity contribution in [1.29, 1.82) is 0 Å². The van der Waals surface area contributed by atoms with Crippen LogP contribution in [0.2, 0.25) is 0 Å². The van der Waals surface area contributed by atoms with E-state index in [2.05, 4.69) is 4.52 Å². The van der Waals surface area contributed by atoms with E-state index in [0.29, 0.717) is 6.42 Å². The fraction of sp³-hybridized carbons (Fsp3) is 1.00. The van der Waals surface area contributed by atoms with Crippen molar-refractivity contribution in [3.63, 3.8) is 0 Å². The molecule has 0 aliphatic heterocycles. The van der Waals surface area contributed by atoms with Gasteiger partial charge in [0.1, 0.15) is 10.4 Å². The topological polar surface area (TPSA) is 46.5 Å². The van der Waals surface area contributed by atoms with Gasteiger partial charge in [-0.2, -0.15) is 0 Å². The van der Waals surface area contributed by atoms with Crippen molar-refractivity contribution in [2.75, 3.05) is 6.66 Å². The third-order valence-electron chi connectivity index (χ3n) is 1.09. The zero-order valence-corrected chi connectivity index (χ0v) is 7.66. The first-order valence-electron chi connectivity index (χ1n) is 2.68. The van der Waals surface area contributed by atoms with Crippen molar-refractivity contribution in [2.45, 2.75) is 16.9 Å². The van der Waals surface area contributed by atoms with Gasteiger partial charge in [-0.1, -0.05) is 23.2 Å². The maximum Gasteiger partial charge on any atom is 0.325 e. The van der Waals surface area contributed by atoms with Crippen LogP contribution in [-0.4, -0.2) is 22.0 Å². The van der Waals surface area contributed by atoms with Gasteiger partial charge in [0.2, 0.25) is 0 Å². The smallest absolute Gasteiger partial charge is 0.324 e. The average molecular weight is 205 g/mol. The lowest BCUT2D eigenvalue weighted by Crippen LogP contribution is -1.99. The molecule has 60 valence electrons. The highest BCUT2D eigenvalue weighted by atomic mass is 35.5. The molecule has 3 nitrogen and oxygen atoms in total. The predicted octanol–water partition coefficient (Wildman–Crippen LogP) is 1.76. The summed E-state index contributed by atoms with van der Waals surface area (Å²) in [7, 11) is -3.41. The van der Waals surface area contributed by atoms with Crippen molar-refractivity contribution in [3.8, 4) is 0 Å². The van der Waals surface area contributed by atoms with Crippen LogP contribution in [0.15, 0.2) is 0 Å². The van der Waals surface area contributed by atoms with E-state index >= 15 is 0 Å². The molecule has 0 saturated heterocycles. The lowest BCUT2D eigenvalue weighted by Gasteiger charge is -2.05. The van der Waals surface area contributed by atoms with Gasteiger partial charge in [0, 0.05) is 13.1 Å². The van der Waals surface area contributed by atoms with Gasteiger partial charge in [0.15, 0.2) is 0 Å². The summed E-state index contributed by atoms with van der Waals surface area (Å²) in [5, 5.41) is 0. The molecule has 1 aliphatic rings. The first-order valence-corrected chi connectivity index (χ1v) is 5.46. The van der Waals surface area contributed by atoms with Crippen molar-refractivity contribution in [3.05, 3.63) is 0 Å². The fourth-order valence-corrected chi connectivity index (χ4v) is 1.76. The summed E-state index contributed by atoms with van der Waals surface area (Å²) in [6, 6.07) is 0. The van der Waals surface area contributed by atoms with E-state index in [0.717, 1.165) is 6.66 Å². The Balaban J connectivity index is 2.38. The molecule has 2 atom stereocenters. The molecule has 1 fully saturated rings. The number of halogens is 2. The number of hydrogen-bond donors (Lipinski definition) is 1. The molecule has 0 amide bonds. The van der Waals surface area contributed by atoms with E-state index < -0.39 is 18.0 Å². The third-order valence-corrected chi connectivity index (χ3v) is 2.53. The van der Waals surface area contributed by atoms with Gasteiger partial charge in [-0.3, -0.25) is 4.57 Å². The molecule has 10 heavy (non-hydrogen) atoms. The molecule has 0 spiro atoms. The van der Waals surface area contributed by atoms with Gasteiger partial charge in [-0.15, -0.1) is 0 Å². The van der Waals surface area contributed by atoms with Gasteiger partial charge < -0.3 is 9.42 Å². The molecule has 0 aromatic carbocycles. The fourth-order valence-electron chi connectivity index (χ4n) is 0.539. The summed E-state index contributed by atoms with van der Waals surface area (Å²) in [4.78, 5) is 8.68. The number of rotatable bonds is 2. The Labute approximate surface area is 68.8 Å². The summed E-state index contributed by atoms with van der Waals surface area (Å²) in [5.74, 6) is 0. The van der Waals surface area contributed by atoms with Gasteiger partial charge in [0.05, 0.1) is 0 Å². The minimum Gasteiger partial charge on any atom is -0.324 e. The summed E-state index contributed by atoms with van der Waals surface area (Å²) in [6.07, 6.45) is -0.0502. The summed E-state index contributed by atoms with van der Waals surface area (Å²) < 4.78 is 14.2. The lowest BCUT2D eigenvalue weighted by molar-refractivity contribution is 0.251. The molecule has 1 saturated carbocycles. The Bertz CT molecular complexity index is 187. The van der Waals surface area contributed by atoms with E-state index in [1.807, 2.05) is 0 Å². The second-order valence-electron chi connectivity index (χ2n) is 2.36. The second-order valence-corrected chi connectivity index (χ2v) is 5.72. The Hall–Kier alpha value is 0.730. The highest BCUT2D eigenvalue weighted by Gasteiger charge is 2.55. The first-order chi connectivity index (χ1) is 4.31. The minimum absolute atomic E-state index is 0.425. The zero-order chi connectivity index (χ0) is 7.99. The van der Waals surface area contributed by atoms with Crippen LogP contribution in [0.5, 0.6) is 0 Å². The van der Waals surface area contributed by atoms with Crippen molar-refractivity contribution < 1.29 is 14.0 Å². The summed E-state index contributed by atoms with van der Waals surface area (Å²) in [5.41, 5.74) is 0. The molecule has 0 bridgehead atoms. The third kappa shape index (κ3) is 2.40.